The van der Waals surface area contributed by atoms with Crippen LogP contribution >= 0.6 is 11.3 Å². The third-order valence-corrected chi connectivity index (χ3v) is 8.33. The van der Waals surface area contributed by atoms with E-state index >= 15 is 0 Å². The van der Waals surface area contributed by atoms with Crippen molar-refractivity contribution in [1.82, 2.24) is 10.3 Å². The Bertz CT molecular complexity index is 1650. The van der Waals surface area contributed by atoms with Crippen molar-refractivity contribution >= 4 is 38.7 Å². The fourth-order valence-electron chi connectivity index (χ4n) is 3.71. The van der Waals surface area contributed by atoms with E-state index in [1.54, 1.807) is 36.5 Å². The fourth-order valence-corrected chi connectivity index (χ4v) is 6.15. The van der Waals surface area contributed by atoms with Crippen molar-refractivity contribution in [3.05, 3.63) is 94.5 Å². The molecule has 5 rings (SSSR count). The van der Waals surface area contributed by atoms with Crippen LogP contribution in [0.3, 0.4) is 0 Å². The SMILES string of the molecule is N#Cc1cccc(-c2ncc(CNC(=O)c3ccc4c(c3)NC(=O)c3ccccc3S4(=O)=O)s2)c1. The Morgan fingerprint density at radius 1 is 1.06 bits per heavy atom. The van der Waals surface area contributed by atoms with E-state index in [9.17, 15) is 18.0 Å². The Hall–Kier alpha value is -4.33. The molecule has 1 aromatic heterocycles. The number of carbonyl (C=O) groups excluding carboxylic acids is 2. The number of benzene rings is 3. The second-order valence-corrected chi connectivity index (χ2v) is 10.7. The van der Waals surface area contributed by atoms with Gasteiger partial charge in [-0.1, -0.05) is 24.3 Å². The maximum atomic E-state index is 13.1. The molecule has 0 saturated carbocycles. The molecule has 1 aliphatic rings. The summed E-state index contributed by atoms with van der Waals surface area (Å²) >= 11 is 1.39. The van der Waals surface area contributed by atoms with Crippen molar-refractivity contribution in [3.63, 3.8) is 0 Å². The van der Waals surface area contributed by atoms with Gasteiger partial charge >= 0.3 is 0 Å². The van der Waals surface area contributed by atoms with Gasteiger partial charge in [0.2, 0.25) is 9.84 Å². The van der Waals surface area contributed by atoms with Gasteiger partial charge in [0.15, 0.2) is 0 Å². The summed E-state index contributed by atoms with van der Waals surface area (Å²) in [6.45, 7) is 0.210. The highest BCUT2D eigenvalue weighted by molar-refractivity contribution is 7.91. The summed E-state index contributed by atoms with van der Waals surface area (Å²) in [6, 6.07) is 19.3. The lowest BCUT2D eigenvalue weighted by atomic mass is 10.1. The van der Waals surface area contributed by atoms with Crippen LogP contribution in [-0.4, -0.2) is 25.2 Å². The monoisotopic (exact) mass is 500 g/mol. The first-order valence-electron chi connectivity index (χ1n) is 10.4. The second-order valence-electron chi connectivity index (χ2n) is 7.67. The van der Waals surface area contributed by atoms with E-state index in [2.05, 4.69) is 21.7 Å². The number of nitrogens with one attached hydrogen (secondary N) is 2. The van der Waals surface area contributed by atoms with Gasteiger partial charge in [-0.2, -0.15) is 5.26 Å². The van der Waals surface area contributed by atoms with E-state index < -0.39 is 21.7 Å². The summed E-state index contributed by atoms with van der Waals surface area (Å²) < 4.78 is 26.2. The molecule has 0 fully saturated rings. The van der Waals surface area contributed by atoms with Crippen LogP contribution in [0.2, 0.25) is 0 Å². The van der Waals surface area contributed by atoms with Crippen LogP contribution in [0.5, 0.6) is 0 Å². The van der Waals surface area contributed by atoms with Crippen LogP contribution in [0.1, 0.15) is 31.2 Å². The summed E-state index contributed by atoms with van der Waals surface area (Å²) in [5.74, 6) is -0.985. The van der Waals surface area contributed by atoms with E-state index in [0.717, 1.165) is 15.4 Å². The van der Waals surface area contributed by atoms with E-state index in [1.165, 1.54) is 41.7 Å². The van der Waals surface area contributed by atoms with Gasteiger partial charge in [0, 0.05) is 22.2 Å². The molecule has 4 aromatic rings. The Kier molecular flexibility index (Phi) is 5.64. The molecule has 0 aliphatic carbocycles. The van der Waals surface area contributed by atoms with Crippen molar-refractivity contribution in [3.8, 4) is 16.6 Å². The molecular weight excluding hydrogens is 484 g/mol. The predicted octanol–water partition coefficient (Wildman–Crippen LogP) is 4.01. The number of amides is 2. The van der Waals surface area contributed by atoms with Crippen molar-refractivity contribution in [2.24, 2.45) is 0 Å². The minimum atomic E-state index is -3.94. The smallest absolute Gasteiger partial charge is 0.257 e. The molecule has 0 unspecified atom stereocenters. The molecule has 2 amide bonds. The number of thiazole rings is 1. The van der Waals surface area contributed by atoms with Gasteiger partial charge in [-0.15, -0.1) is 11.3 Å². The Morgan fingerprint density at radius 3 is 2.71 bits per heavy atom. The predicted molar refractivity (Wildman–Crippen MR) is 130 cm³/mol. The number of nitriles is 1. The summed E-state index contributed by atoms with van der Waals surface area (Å²) in [6.07, 6.45) is 1.65. The van der Waals surface area contributed by atoms with Crippen molar-refractivity contribution in [2.45, 2.75) is 16.3 Å². The number of rotatable bonds is 4. The van der Waals surface area contributed by atoms with E-state index in [1.807, 2.05) is 6.07 Å². The summed E-state index contributed by atoms with van der Waals surface area (Å²) in [4.78, 5) is 30.4. The zero-order valence-electron chi connectivity index (χ0n) is 18.0. The normalized spacial score (nSPS) is 13.5. The lowest BCUT2D eigenvalue weighted by Crippen LogP contribution is -2.22. The van der Waals surface area contributed by atoms with Crippen LogP contribution < -0.4 is 10.6 Å². The van der Waals surface area contributed by atoms with Crippen molar-refractivity contribution in [1.29, 1.82) is 5.26 Å². The average Bonchev–Trinajstić information content (AvgIpc) is 3.33. The molecule has 35 heavy (non-hydrogen) atoms. The Labute approximate surface area is 204 Å². The topological polar surface area (TPSA) is 129 Å². The number of hydrogen-bond donors (Lipinski definition) is 2. The first-order valence-corrected chi connectivity index (χ1v) is 12.7. The number of sulfone groups is 1. The van der Waals surface area contributed by atoms with Gasteiger partial charge in [-0.05, 0) is 42.5 Å². The lowest BCUT2D eigenvalue weighted by molar-refractivity contribution is 0.0949. The maximum Gasteiger partial charge on any atom is 0.257 e. The molecule has 0 spiro atoms. The molecular formula is C25H16N4O4S2. The molecule has 0 saturated heterocycles. The van der Waals surface area contributed by atoms with Gasteiger partial charge in [0.1, 0.15) is 5.01 Å². The largest absolute Gasteiger partial charge is 0.347 e. The van der Waals surface area contributed by atoms with Gasteiger partial charge in [-0.3, -0.25) is 9.59 Å². The Morgan fingerprint density at radius 2 is 1.89 bits per heavy atom. The van der Waals surface area contributed by atoms with Crippen LogP contribution in [0, 0.1) is 11.3 Å². The summed E-state index contributed by atoms with van der Waals surface area (Å²) in [5.41, 5.74) is 1.66. The Balaban J connectivity index is 1.35. The molecule has 0 radical (unpaired) electrons. The average molecular weight is 501 g/mol. The highest BCUT2D eigenvalue weighted by Gasteiger charge is 2.31. The molecule has 2 N–H and O–H groups in total. The summed E-state index contributed by atoms with van der Waals surface area (Å²) in [7, 11) is -3.94. The number of anilines is 1. The number of carbonyl (C=O) groups is 2. The molecule has 10 heteroatoms. The van der Waals surface area contributed by atoms with Crippen molar-refractivity contribution < 1.29 is 18.0 Å². The molecule has 2 heterocycles. The summed E-state index contributed by atoms with van der Waals surface area (Å²) in [5, 5.41) is 15.2. The van der Waals surface area contributed by atoms with E-state index in [4.69, 9.17) is 5.26 Å². The molecule has 1 aliphatic heterocycles. The maximum absolute atomic E-state index is 13.1. The van der Waals surface area contributed by atoms with Crippen LogP contribution in [0.15, 0.2) is 82.7 Å². The highest BCUT2D eigenvalue weighted by atomic mass is 32.2. The van der Waals surface area contributed by atoms with Gasteiger partial charge in [0.05, 0.1) is 39.2 Å². The molecule has 172 valence electrons. The number of hydrogen-bond acceptors (Lipinski definition) is 7. The molecule has 0 bridgehead atoms. The number of nitrogens with zero attached hydrogens (tertiary/aromatic N) is 2. The van der Waals surface area contributed by atoms with Crippen LogP contribution in [0.25, 0.3) is 10.6 Å². The number of fused-ring (bicyclic) bond motifs is 2. The molecule has 0 atom stereocenters. The third kappa shape index (κ3) is 4.19. The lowest BCUT2D eigenvalue weighted by Gasteiger charge is -2.10. The third-order valence-electron chi connectivity index (χ3n) is 5.42. The van der Waals surface area contributed by atoms with Gasteiger partial charge in [-0.25, -0.2) is 13.4 Å². The first kappa shape index (κ1) is 22.5. The zero-order valence-corrected chi connectivity index (χ0v) is 19.6. The minimum Gasteiger partial charge on any atom is -0.347 e. The van der Waals surface area contributed by atoms with E-state index in [-0.39, 0.29) is 33.2 Å². The van der Waals surface area contributed by atoms with Crippen LogP contribution in [0.4, 0.5) is 5.69 Å². The highest BCUT2D eigenvalue weighted by Crippen LogP contribution is 2.34. The van der Waals surface area contributed by atoms with Crippen LogP contribution in [-0.2, 0) is 16.4 Å². The zero-order chi connectivity index (χ0) is 24.6. The van der Waals surface area contributed by atoms with Crippen molar-refractivity contribution in [2.75, 3.05) is 5.32 Å². The minimum absolute atomic E-state index is 0.0519. The van der Waals surface area contributed by atoms with Gasteiger partial charge < -0.3 is 10.6 Å². The quantitative estimate of drug-likeness (QED) is 0.436. The second kappa shape index (κ2) is 8.79. The fraction of sp³-hybridized carbons (Fsp3) is 0.0400. The van der Waals surface area contributed by atoms with E-state index in [0.29, 0.717) is 5.56 Å². The first-order chi connectivity index (χ1) is 16.9. The molecule has 8 nitrogen and oxygen atoms in total. The molecule has 3 aromatic carbocycles. The number of aromatic nitrogens is 1. The standard InChI is InChI=1S/C25H16N4O4S2/c26-12-15-4-3-5-17(10-15)25-28-14-18(34-25)13-27-23(30)16-8-9-22-20(11-16)29-24(31)19-6-1-2-7-21(19)35(22,32)33/h1-11,14H,13H2,(H,27,30)(H,29,31). The van der Waals surface area contributed by atoms with Gasteiger partial charge in [0.25, 0.3) is 11.8 Å².